The van der Waals surface area contributed by atoms with Crippen LogP contribution in [0.2, 0.25) is 0 Å². The molecule has 1 amide bonds. The fraction of sp³-hybridized carbons (Fsp3) is 0.818. The highest BCUT2D eigenvalue weighted by Crippen LogP contribution is 1.95. The van der Waals surface area contributed by atoms with E-state index in [9.17, 15) is 9.59 Å². The van der Waals surface area contributed by atoms with E-state index in [1.54, 1.807) is 0 Å². The molecule has 6 heteroatoms. The number of hydrogen-bond donors (Lipinski definition) is 1. The molecule has 1 aliphatic rings. The summed E-state index contributed by atoms with van der Waals surface area (Å²) in [7, 11) is 1.36. The Morgan fingerprint density at radius 2 is 2.06 bits per heavy atom. The van der Waals surface area contributed by atoms with Gasteiger partial charge in [0.1, 0.15) is 0 Å². The number of methoxy groups -OCH3 is 1. The van der Waals surface area contributed by atoms with Gasteiger partial charge in [-0.1, -0.05) is 0 Å². The molecule has 1 fully saturated rings. The zero-order chi connectivity index (χ0) is 12.5. The van der Waals surface area contributed by atoms with Crippen molar-refractivity contribution in [3.8, 4) is 0 Å². The van der Waals surface area contributed by atoms with Gasteiger partial charge < -0.3 is 14.8 Å². The standard InChI is InChI=1S/C11H20N2O4/c1-16-11(15)3-2-4-12-10(14)9-13-5-7-17-8-6-13/h2-9H2,1H3,(H,12,14). The molecule has 1 N–H and O–H groups in total. The number of amides is 1. The topological polar surface area (TPSA) is 67.9 Å². The quantitative estimate of drug-likeness (QED) is 0.498. The van der Waals surface area contributed by atoms with Crippen LogP contribution in [0.3, 0.4) is 0 Å². The number of hydrogen-bond acceptors (Lipinski definition) is 5. The van der Waals surface area contributed by atoms with Gasteiger partial charge in [0.15, 0.2) is 0 Å². The van der Waals surface area contributed by atoms with Crippen LogP contribution in [-0.2, 0) is 19.1 Å². The minimum atomic E-state index is -0.243. The Hall–Kier alpha value is -1.14. The molecule has 0 aromatic heterocycles. The molecule has 1 rings (SSSR count). The predicted molar refractivity (Wildman–Crippen MR) is 61.5 cm³/mol. The molecule has 0 aromatic carbocycles. The lowest BCUT2D eigenvalue weighted by Crippen LogP contribution is -2.43. The van der Waals surface area contributed by atoms with Gasteiger partial charge in [-0.05, 0) is 6.42 Å². The third-order valence-corrected chi connectivity index (χ3v) is 2.58. The van der Waals surface area contributed by atoms with Crippen LogP contribution in [0.4, 0.5) is 0 Å². The number of carbonyl (C=O) groups excluding carboxylic acids is 2. The summed E-state index contributed by atoms with van der Waals surface area (Å²) in [5.41, 5.74) is 0. The Morgan fingerprint density at radius 3 is 2.71 bits per heavy atom. The number of rotatable bonds is 6. The zero-order valence-electron chi connectivity index (χ0n) is 10.2. The van der Waals surface area contributed by atoms with E-state index in [-0.39, 0.29) is 11.9 Å². The van der Waals surface area contributed by atoms with Crippen LogP contribution < -0.4 is 5.32 Å². The second kappa shape index (κ2) is 8.03. The number of morpholine rings is 1. The molecular formula is C11H20N2O4. The van der Waals surface area contributed by atoms with Gasteiger partial charge in [0.05, 0.1) is 26.9 Å². The van der Waals surface area contributed by atoms with Gasteiger partial charge >= 0.3 is 5.97 Å². The average Bonchev–Trinajstić information content (AvgIpc) is 2.35. The fourth-order valence-electron chi connectivity index (χ4n) is 1.58. The number of ether oxygens (including phenoxy) is 2. The predicted octanol–water partition coefficient (Wildman–Crippen LogP) is -0.612. The van der Waals surface area contributed by atoms with Gasteiger partial charge in [-0.3, -0.25) is 14.5 Å². The van der Waals surface area contributed by atoms with Crippen molar-refractivity contribution in [2.75, 3.05) is 46.5 Å². The average molecular weight is 244 g/mol. The molecule has 1 heterocycles. The summed E-state index contributed by atoms with van der Waals surface area (Å²) >= 11 is 0. The minimum absolute atomic E-state index is 0.00299. The summed E-state index contributed by atoms with van der Waals surface area (Å²) < 4.78 is 9.70. The molecule has 17 heavy (non-hydrogen) atoms. The molecule has 0 saturated carbocycles. The molecular weight excluding hydrogens is 224 g/mol. The summed E-state index contributed by atoms with van der Waals surface area (Å²) in [5.74, 6) is -0.246. The molecule has 0 aliphatic carbocycles. The second-order valence-corrected chi connectivity index (χ2v) is 3.92. The molecule has 6 nitrogen and oxygen atoms in total. The fourth-order valence-corrected chi connectivity index (χ4v) is 1.58. The molecule has 0 spiro atoms. The van der Waals surface area contributed by atoms with Crippen molar-refractivity contribution in [3.05, 3.63) is 0 Å². The summed E-state index contributed by atoms with van der Waals surface area (Å²) in [6.07, 6.45) is 0.954. The first-order chi connectivity index (χ1) is 8.22. The summed E-state index contributed by atoms with van der Waals surface area (Å²) in [6, 6.07) is 0. The molecule has 1 aliphatic heterocycles. The highest BCUT2D eigenvalue weighted by Gasteiger charge is 2.13. The van der Waals surface area contributed by atoms with Crippen molar-refractivity contribution >= 4 is 11.9 Å². The zero-order valence-corrected chi connectivity index (χ0v) is 10.2. The summed E-state index contributed by atoms with van der Waals surface area (Å²) in [6.45, 7) is 3.90. The number of esters is 1. The van der Waals surface area contributed by atoms with Crippen molar-refractivity contribution in [3.63, 3.8) is 0 Å². The van der Waals surface area contributed by atoms with E-state index in [2.05, 4.69) is 15.0 Å². The first-order valence-electron chi connectivity index (χ1n) is 5.86. The van der Waals surface area contributed by atoms with E-state index in [4.69, 9.17) is 4.74 Å². The lowest BCUT2D eigenvalue weighted by molar-refractivity contribution is -0.140. The van der Waals surface area contributed by atoms with Gasteiger partial charge in [-0.2, -0.15) is 0 Å². The van der Waals surface area contributed by atoms with E-state index in [1.165, 1.54) is 7.11 Å². The monoisotopic (exact) mass is 244 g/mol. The van der Waals surface area contributed by atoms with Gasteiger partial charge in [-0.15, -0.1) is 0 Å². The summed E-state index contributed by atoms with van der Waals surface area (Å²) in [4.78, 5) is 24.4. The SMILES string of the molecule is COC(=O)CCCNC(=O)CN1CCOCC1. The lowest BCUT2D eigenvalue weighted by Gasteiger charge is -2.25. The first kappa shape index (κ1) is 13.9. The van der Waals surface area contributed by atoms with Crippen LogP contribution in [0.1, 0.15) is 12.8 Å². The van der Waals surface area contributed by atoms with Crippen LogP contribution >= 0.6 is 0 Å². The molecule has 0 aromatic rings. The molecule has 0 atom stereocenters. The van der Waals surface area contributed by atoms with Crippen LogP contribution in [0.25, 0.3) is 0 Å². The second-order valence-electron chi connectivity index (χ2n) is 3.92. The van der Waals surface area contributed by atoms with E-state index in [1.807, 2.05) is 0 Å². The number of nitrogens with zero attached hydrogens (tertiary/aromatic N) is 1. The Morgan fingerprint density at radius 1 is 1.35 bits per heavy atom. The first-order valence-corrected chi connectivity index (χ1v) is 5.86. The van der Waals surface area contributed by atoms with Gasteiger partial charge in [0, 0.05) is 26.1 Å². The molecule has 0 radical (unpaired) electrons. The molecule has 0 bridgehead atoms. The van der Waals surface area contributed by atoms with Crippen molar-refractivity contribution in [2.45, 2.75) is 12.8 Å². The van der Waals surface area contributed by atoms with Crippen molar-refractivity contribution in [2.24, 2.45) is 0 Å². The highest BCUT2D eigenvalue weighted by atomic mass is 16.5. The van der Waals surface area contributed by atoms with Gasteiger partial charge in [0.2, 0.25) is 5.91 Å². The Bertz CT molecular complexity index is 252. The smallest absolute Gasteiger partial charge is 0.305 e. The number of nitrogens with one attached hydrogen (secondary N) is 1. The largest absolute Gasteiger partial charge is 0.469 e. The molecule has 98 valence electrons. The Labute approximate surface area is 101 Å². The van der Waals surface area contributed by atoms with Crippen LogP contribution in [-0.4, -0.2) is 63.3 Å². The van der Waals surface area contributed by atoms with E-state index in [0.717, 1.165) is 13.1 Å². The van der Waals surface area contributed by atoms with Crippen molar-refractivity contribution in [1.29, 1.82) is 0 Å². The summed E-state index contributed by atoms with van der Waals surface area (Å²) in [5, 5.41) is 2.78. The minimum Gasteiger partial charge on any atom is -0.469 e. The molecule has 1 saturated heterocycles. The van der Waals surface area contributed by atoms with E-state index >= 15 is 0 Å². The third kappa shape index (κ3) is 6.23. The maximum atomic E-state index is 11.5. The third-order valence-electron chi connectivity index (χ3n) is 2.58. The van der Waals surface area contributed by atoms with Crippen molar-refractivity contribution in [1.82, 2.24) is 10.2 Å². The maximum absolute atomic E-state index is 11.5. The Balaban J connectivity index is 2.02. The number of carbonyl (C=O) groups is 2. The maximum Gasteiger partial charge on any atom is 0.305 e. The normalized spacial score (nSPS) is 16.5. The van der Waals surface area contributed by atoms with Crippen LogP contribution in [0, 0.1) is 0 Å². The van der Waals surface area contributed by atoms with Crippen LogP contribution in [0.15, 0.2) is 0 Å². The highest BCUT2D eigenvalue weighted by molar-refractivity contribution is 5.78. The Kier molecular flexibility index (Phi) is 6.57. The molecule has 0 unspecified atom stereocenters. The van der Waals surface area contributed by atoms with E-state index in [0.29, 0.717) is 39.1 Å². The van der Waals surface area contributed by atoms with Gasteiger partial charge in [0.25, 0.3) is 0 Å². The van der Waals surface area contributed by atoms with Crippen LogP contribution in [0.5, 0.6) is 0 Å². The lowest BCUT2D eigenvalue weighted by atomic mass is 10.3. The van der Waals surface area contributed by atoms with E-state index < -0.39 is 0 Å². The van der Waals surface area contributed by atoms with Gasteiger partial charge in [-0.25, -0.2) is 0 Å². The van der Waals surface area contributed by atoms with Crippen molar-refractivity contribution < 1.29 is 19.1 Å².